The molecule has 0 aliphatic carbocycles. The smallest absolute Gasteiger partial charge is 0.333 e. The number of hydrogen-bond acceptors (Lipinski definition) is 5. The molecular weight excluding hydrogens is 511 g/mol. The van der Waals surface area contributed by atoms with Crippen LogP contribution in [0.1, 0.15) is 18.1 Å². The van der Waals surface area contributed by atoms with Crippen LogP contribution in [0, 0.1) is 15.4 Å². The third kappa shape index (κ3) is 8.15. The fourth-order valence-electron chi connectivity index (χ4n) is 2.67. The number of ether oxygens (including phenoxy) is 4. The third-order valence-corrected chi connectivity index (χ3v) is 5.01. The second-order valence-corrected chi connectivity index (χ2v) is 7.50. The highest BCUT2D eigenvalue weighted by atomic mass is 127. The lowest BCUT2D eigenvalue weighted by molar-refractivity contribution is -0.149. The molecule has 0 spiro atoms. The van der Waals surface area contributed by atoms with Crippen LogP contribution in [0.4, 0.5) is 0 Å². The van der Waals surface area contributed by atoms with E-state index in [9.17, 15) is 9.90 Å². The van der Waals surface area contributed by atoms with E-state index in [0.29, 0.717) is 31.1 Å². The minimum atomic E-state index is -0.962. The molecule has 1 N–H and O–H groups in total. The SMILES string of the molecule is CCOC(Cc1ccc(OC/C=C\C#Cc2cc(OC)cc(OC)c2)c(I)c1)C(=O)O. The monoisotopic (exact) mass is 536 g/mol. The number of aliphatic carboxylic acids is 1. The van der Waals surface area contributed by atoms with Gasteiger partial charge in [0.1, 0.15) is 23.9 Å². The summed E-state index contributed by atoms with van der Waals surface area (Å²) in [7, 11) is 3.20. The van der Waals surface area contributed by atoms with Gasteiger partial charge in [-0.3, -0.25) is 0 Å². The molecule has 0 aromatic heterocycles. The molecule has 0 heterocycles. The molecule has 0 fully saturated rings. The van der Waals surface area contributed by atoms with Crippen LogP contribution in [0.25, 0.3) is 0 Å². The normalized spacial score (nSPS) is 11.5. The summed E-state index contributed by atoms with van der Waals surface area (Å²) in [4.78, 5) is 11.2. The molecule has 6 nitrogen and oxygen atoms in total. The van der Waals surface area contributed by atoms with Gasteiger partial charge in [-0.25, -0.2) is 4.79 Å². The maximum absolute atomic E-state index is 11.2. The van der Waals surface area contributed by atoms with Crippen molar-refractivity contribution < 1.29 is 28.8 Å². The molecule has 2 aromatic rings. The van der Waals surface area contributed by atoms with Crippen molar-refractivity contribution in [1.82, 2.24) is 0 Å². The van der Waals surface area contributed by atoms with Crippen molar-refractivity contribution in [3.8, 4) is 29.1 Å². The third-order valence-electron chi connectivity index (χ3n) is 4.16. The Balaban J connectivity index is 1.92. The summed E-state index contributed by atoms with van der Waals surface area (Å²) >= 11 is 2.17. The molecule has 164 valence electrons. The lowest BCUT2D eigenvalue weighted by atomic mass is 10.1. The van der Waals surface area contributed by atoms with Gasteiger partial charge in [0.05, 0.1) is 17.8 Å². The van der Waals surface area contributed by atoms with Gasteiger partial charge in [-0.15, -0.1) is 0 Å². The highest BCUT2D eigenvalue weighted by molar-refractivity contribution is 14.1. The second-order valence-electron chi connectivity index (χ2n) is 6.34. The average Bonchev–Trinajstić information content (AvgIpc) is 2.76. The molecule has 1 unspecified atom stereocenters. The topological polar surface area (TPSA) is 74.2 Å². The van der Waals surface area contributed by atoms with E-state index in [0.717, 1.165) is 20.4 Å². The van der Waals surface area contributed by atoms with Crippen LogP contribution in [0.15, 0.2) is 48.6 Å². The number of carboxylic acids is 1. The molecule has 0 aliphatic rings. The largest absolute Gasteiger partial charge is 0.497 e. The Kier molecular flexibility index (Phi) is 10.2. The van der Waals surface area contributed by atoms with E-state index in [2.05, 4.69) is 34.4 Å². The first-order valence-electron chi connectivity index (χ1n) is 9.62. The zero-order valence-corrected chi connectivity index (χ0v) is 19.8. The Bertz CT molecular complexity index is 952. The number of methoxy groups -OCH3 is 2. The molecule has 0 amide bonds. The molecule has 0 radical (unpaired) electrons. The van der Waals surface area contributed by atoms with Gasteiger partial charge in [0.15, 0.2) is 6.10 Å². The van der Waals surface area contributed by atoms with Crippen molar-refractivity contribution in [3.63, 3.8) is 0 Å². The summed E-state index contributed by atoms with van der Waals surface area (Å²) in [5.74, 6) is 7.13. The molecule has 0 saturated heterocycles. The first kappa shape index (κ1) is 24.6. The predicted molar refractivity (Wildman–Crippen MR) is 127 cm³/mol. The number of carboxylic acid groups (broad SMARTS) is 1. The first-order chi connectivity index (χ1) is 15.0. The van der Waals surface area contributed by atoms with E-state index >= 15 is 0 Å². The van der Waals surface area contributed by atoms with Crippen LogP contribution in [0.2, 0.25) is 0 Å². The zero-order chi connectivity index (χ0) is 22.6. The minimum Gasteiger partial charge on any atom is -0.497 e. The number of benzene rings is 2. The Morgan fingerprint density at radius 2 is 1.87 bits per heavy atom. The van der Waals surface area contributed by atoms with Crippen LogP contribution in [-0.4, -0.2) is 44.6 Å². The summed E-state index contributed by atoms with van der Waals surface area (Å²) in [5.41, 5.74) is 1.67. The van der Waals surface area contributed by atoms with E-state index in [1.165, 1.54) is 0 Å². The predicted octanol–water partition coefficient (Wildman–Crippen LogP) is 4.33. The molecule has 7 heteroatoms. The summed E-state index contributed by atoms with van der Waals surface area (Å²) in [6, 6.07) is 11.1. The van der Waals surface area contributed by atoms with Crippen molar-refractivity contribution >= 4 is 28.6 Å². The van der Waals surface area contributed by atoms with Crippen LogP contribution in [-0.2, 0) is 16.0 Å². The van der Waals surface area contributed by atoms with Crippen LogP contribution in [0.3, 0.4) is 0 Å². The van der Waals surface area contributed by atoms with E-state index < -0.39 is 12.1 Å². The van der Waals surface area contributed by atoms with Crippen molar-refractivity contribution in [2.75, 3.05) is 27.4 Å². The average molecular weight is 536 g/mol. The van der Waals surface area contributed by atoms with Crippen LogP contribution >= 0.6 is 22.6 Å². The quantitative estimate of drug-likeness (QED) is 0.360. The summed E-state index contributed by atoms with van der Waals surface area (Å²) < 4.78 is 22.4. The van der Waals surface area contributed by atoms with Crippen molar-refractivity contribution in [3.05, 3.63) is 63.2 Å². The molecule has 0 bridgehead atoms. The van der Waals surface area contributed by atoms with E-state index in [1.54, 1.807) is 33.3 Å². The Morgan fingerprint density at radius 3 is 2.45 bits per heavy atom. The number of allylic oxidation sites excluding steroid dienone is 1. The molecule has 0 aliphatic heterocycles. The first-order valence-corrected chi connectivity index (χ1v) is 10.7. The molecule has 0 saturated carbocycles. The van der Waals surface area contributed by atoms with E-state index in [1.807, 2.05) is 36.4 Å². The standard InChI is InChI=1S/C24H25IO6/c1-4-30-23(24(26)27)15-18-9-10-22(21(25)14-18)31-11-7-5-6-8-17-12-19(28-2)16-20(13-17)29-3/h5,7,9-10,12-14,16,23H,4,11,15H2,1-3H3,(H,26,27)/b7-5-. The number of halogens is 1. The van der Waals surface area contributed by atoms with E-state index in [-0.39, 0.29) is 0 Å². The van der Waals surface area contributed by atoms with Crippen molar-refractivity contribution in [2.45, 2.75) is 19.4 Å². The highest BCUT2D eigenvalue weighted by Gasteiger charge is 2.18. The summed E-state index contributed by atoms with van der Waals surface area (Å²) in [6.07, 6.45) is 3.01. The molecule has 2 aromatic carbocycles. The number of carbonyl (C=O) groups is 1. The highest BCUT2D eigenvalue weighted by Crippen LogP contribution is 2.23. The lowest BCUT2D eigenvalue weighted by Gasteiger charge is -2.13. The van der Waals surface area contributed by atoms with Crippen molar-refractivity contribution in [1.29, 1.82) is 0 Å². The van der Waals surface area contributed by atoms with Gasteiger partial charge in [0.2, 0.25) is 0 Å². The molecule has 31 heavy (non-hydrogen) atoms. The second kappa shape index (κ2) is 12.9. The molecular formula is C24H25IO6. The maximum atomic E-state index is 11.2. The fourth-order valence-corrected chi connectivity index (χ4v) is 3.41. The molecule has 1 atom stereocenters. The molecule has 2 rings (SSSR count). The Labute approximate surface area is 196 Å². The van der Waals surface area contributed by atoms with Crippen molar-refractivity contribution in [2.24, 2.45) is 0 Å². The van der Waals surface area contributed by atoms with Gasteiger partial charge in [0, 0.05) is 24.7 Å². The van der Waals surface area contributed by atoms with Gasteiger partial charge in [-0.05, 0) is 71.5 Å². The number of hydrogen-bond donors (Lipinski definition) is 1. The van der Waals surface area contributed by atoms with Crippen LogP contribution in [0.5, 0.6) is 17.2 Å². The maximum Gasteiger partial charge on any atom is 0.333 e. The van der Waals surface area contributed by atoms with Gasteiger partial charge < -0.3 is 24.1 Å². The summed E-state index contributed by atoms with van der Waals surface area (Å²) in [5, 5.41) is 9.22. The van der Waals surface area contributed by atoms with Gasteiger partial charge >= 0.3 is 5.97 Å². The number of rotatable bonds is 10. The van der Waals surface area contributed by atoms with Gasteiger partial charge in [-0.1, -0.05) is 17.9 Å². The Morgan fingerprint density at radius 1 is 1.16 bits per heavy atom. The lowest BCUT2D eigenvalue weighted by Crippen LogP contribution is -2.26. The summed E-state index contributed by atoms with van der Waals surface area (Å²) in [6.45, 7) is 2.50. The zero-order valence-electron chi connectivity index (χ0n) is 17.7. The van der Waals surface area contributed by atoms with E-state index in [4.69, 9.17) is 18.9 Å². The fraction of sp³-hybridized carbons (Fsp3) is 0.292. The van der Waals surface area contributed by atoms with Crippen LogP contribution < -0.4 is 14.2 Å². The van der Waals surface area contributed by atoms with Gasteiger partial charge in [-0.2, -0.15) is 0 Å². The van der Waals surface area contributed by atoms with Gasteiger partial charge in [0.25, 0.3) is 0 Å². The minimum absolute atomic E-state index is 0.310. The Hall–Kier alpha value is -2.70.